The van der Waals surface area contributed by atoms with Crippen LogP contribution in [0.1, 0.15) is 71.6 Å². The Morgan fingerprint density at radius 1 is 1.06 bits per heavy atom. The average molecular weight is 223 g/mol. The molecule has 2 saturated carbocycles. The van der Waals surface area contributed by atoms with Crippen LogP contribution in [0.2, 0.25) is 0 Å². The van der Waals surface area contributed by atoms with Crippen molar-refractivity contribution in [3.05, 3.63) is 0 Å². The van der Waals surface area contributed by atoms with Crippen molar-refractivity contribution >= 4 is 0 Å². The lowest BCUT2D eigenvalue weighted by molar-refractivity contribution is 0.242. The van der Waals surface area contributed by atoms with Crippen LogP contribution in [0.25, 0.3) is 0 Å². The van der Waals surface area contributed by atoms with Crippen LogP contribution < -0.4 is 5.32 Å². The largest absolute Gasteiger partial charge is 0.311 e. The Morgan fingerprint density at radius 3 is 2.50 bits per heavy atom. The third-order valence-corrected chi connectivity index (χ3v) is 4.97. The van der Waals surface area contributed by atoms with Gasteiger partial charge >= 0.3 is 0 Å². The van der Waals surface area contributed by atoms with Crippen LogP contribution in [-0.2, 0) is 0 Å². The van der Waals surface area contributed by atoms with Crippen molar-refractivity contribution in [3.63, 3.8) is 0 Å². The van der Waals surface area contributed by atoms with E-state index in [1.807, 2.05) is 0 Å². The minimum atomic E-state index is 0.767. The van der Waals surface area contributed by atoms with Crippen LogP contribution in [0.15, 0.2) is 0 Å². The molecule has 2 fully saturated rings. The lowest BCUT2D eigenvalue weighted by Gasteiger charge is -2.33. The first-order valence-electron chi connectivity index (χ1n) is 7.55. The second-order valence-electron chi connectivity index (χ2n) is 6.14. The summed E-state index contributed by atoms with van der Waals surface area (Å²) in [5.41, 5.74) is 0. The zero-order valence-corrected chi connectivity index (χ0v) is 11.2. The molecule has 2 aliphatic rings. The van der Waals surface area contributed by atoms with E-state index in [1.165, 1.54) is 57.8 Å². The van der Waals surface area contributed by atoms with Gasteiger partial charge in [0.1, 0.15) is 0 Å². The van der Waals surface area contributed by atoms with E-state index in [-0.39, 0.29) is 0 Å². The molecule has 0 heterocycles. The van der Waals surface area contributed by atoms with E-state index in [9.17, 15) is 0 Å². The summed E-state index contributed by atoms with van der Waals surface area (Å²) in [6.07, 6.45) is 13.1. The molecule has 0 radical (unpaired) electrons. The molecule has 1 N–H and O–H groups in total. The summed E-state index contributed by atoms with van der Waals surface area (Å²) >= 11 is 0. The monoisotopic (exact) mass is 223 g/mol. The Kier molecular flexibility index (Phi) is 4.69. The third-order valence-electron chi connectivity index (χ3n) is 4.97. The minimum Gasteiger partial charge on any atom is -0.311 e. The second-order valence-corrected chi connectivity index (χ2v) is 6.14. The van der Waals surface area contributed by atoms with Gasteiger partial charge in [0.15, 0.2) is 0 Å². The average Bonchev–Trinajstić information content (AvgIpc) is 2.83. The number of nitrogens with one attached hydrogen (secondary N) is 1. The van der Waals surface area contributed by atoms with E-state index in [2.05, 4.69) is 19.2 Å². The van der Waals surface area contributed by atoms with Crippen molar-refractivity contribution in [3.8, 4) is 0 Å². The van der Waals surface area contributed by atoms with Gasteiger partial charge in [0.05, 0.1) is 0 Å². The molecule has 16 heavy (non-hydrogen) atoms. The maximum Gasteiger partial charge on any atom is 0.00722 e. The van der Waals surface area contributed by atoms with Crippen molar-refractivity contribution in [2.24, 2.45) is 11.8 Å². The van der Waals surface area contributed by atoms with E-state index in [0.717, 1.165) is 23.9 Å². The molecule has 0 amide bonds. The molecular formula is C15H29N. The molecule has 0 aromatic heterocycles. The molecule has 0 bridgehead atoms. The number of hydrogen-bond donors (Lipinski definition) is 1. The summed E-state index contributed by atoms with van der Waals surface area (Å²) in [6.45, 7) is 4.78. The highest BCUT2D eigenvalue weighted by atomic mass is 15.0. The smallest absolute Gasteiger partial charge is 0.00722 e. The lowest BCUT2D eigenvalue weighted by atomic mass is 9.83. The van der Waals surface area contributed by atoms with Gasteiger partial charge in [-0.25, -0.2) is 0 Å². The molecule has 0 saturated heterocycles. The lowest BCUT2D eigenvalue weighted by Crippen LogP contribution is -2.42. The molecule has 2 rings (SSSR count). The fourth-order valence-corrected chi connectivity index (χ4v) is 3.78. The molecule has 1 nitrogen and oxygen atoms in total. The predicted molar refractivity (Wildman–Crippen MR) is 70.6 cm³/mol. The van der Waals surface area contributed by atoms with Gasteiger partial charge in [-0.05, 0) is 44.4 Å². The minimum absolute atomic E-state index is 0.767. The second kappa shape index (κ2) is 6.05. The standard InChI is InChI=1S/C15H29N/c1-3-13-7-6-10-15(11-13)16-12(2)14-8-4-5-9-14/h12-16H,3-11H2,1-2H3. The molecule has 0 aliphatic heterocycles. The summed E-state index contributed by atoms with van der Waals surface area (Å²) in [4.78, 5) is 0. The van der Waals surface area contributed by atoms with Gasteiger partial charge in [-0.1, -0.05) is 39.0 Å². The van der Waals surface area contributed by atoms with Crippen LogP contribution in [0.5, 0.6) is 0 Å². The molecule has 2 aliphatic carbocycles. The Labute approximate surface area is 101 Å². The first-order chi connectivity index (χ1) is 7.79. The highest BCUT2D eigenvalue weighted by molar-refractivity contribution is 4.83. The van der Waals surface area contributed by atoms with Gasteiger partial charge in [-0.3, -0.25) is 0 Å². The van der Waals surface area contributed by atoms with E-state index >= 15 is 0 Å². The Balaban J connectivity index is 1.75. The Morgan fingerprint density at radius 2 is 1.81 bits per heavy atom. The summed E-state index contributed by atoms with van der Waals surface area (Å²) in [5, 5.41) is 3.93. The van der Waals surface area contributed by atoms with Crippen LogP contribution in [0.3, 0.4) is 0 Å². The van der Waals surface area contributed by atoms with Crippen LogP contribution in [0, 0.1) is 11.8 Å². The molecule has 0 spiro atoms. The highest BCUT2D eigenvalue weighted by Crippen LogP contribution is 2.30. The van der Waals surface area contributed by atoms with E-state index < -0.39 is 0 Å². The van der Waals surface area contributed by atoms with Gasteiger partial charge in [-0.15, -0.1) is 0 Å². The molecule has 0 aromatic carbocycles. The Bertz CT molecular complexity index is 196. The van der Waals surface area contributed by atoms with Gasteiger partial charge < -0.3 is 5.32 Å². The van der Waals surface area contributed by atoms with E-state index in [0.29, 0.717) is 0 Å². The van der Waals surface area contributed by atoms with Crippen LogP contribution in [0.4, 0.5) is 0 Å². The maximum atomic E-state index is 3.93. The fourth-order valence-electron chi connectivity index (χ4n) is 3.78. The molecule has 1 heteroatoms. The zero-order chi connectivity index (χ0) is 11.4. The van der Waals surface area contributed by atoms with Crippen LogP contribution in [-0.4, -0.2) is 12.1 Å². The van der Waals surface area contributed by atoms with Crippen molar-refractivity contribution in [2.75, 3.05) is 0 Å². The number of rotatable bonds is 4. The van der Waals surface area contributed by atoms with Gasteiger partial charge in [0.25, 0.3) is 0 Å². The van der Waals surface area contributed by atoms with Crippen molar-refractivity contribution in [1.29, 1.82) is 0 Å². The fraction of sp³-hybridized carbons (Fsp3) is 1.00. The number of hydrogen-bond acceptors (Lipinski definition) is 1. The van der Waals surface area contributed by atoms with Crippen molar-refractivity contribution in [2.45, 2.75) is 83.7 Å². The quantitative estimate of drug-likeness (QED) is 0.756. The topological polar surface area (TPSA) is 12.0 Å². The first kappa shape index (κ1) is 12.4. The molecular weight excluding hydrogens is 194 g/mol. The molecule has 0 aromatic rings. The normalized spacial score (nSPS) is 34.1. The van der Waals surface area contributed by atoms with Gasteiger partial charge in [0, 0.05) is 12.1 Å². The van der Waals surface area contributed by atoms with E-state index in [4.69, 9.17) is 0 Å². The van der Waals surface area contributed by atoms with Gasteiger partial charge in [-0.2, -0.15) is 0 Å². The molecule has 3 unspecified atom stereocenters. The maximum absolute atomic E-state index is 3.93. The highest BCUT2D eigenvalue weighted by Gasteiger charge is 2.26. The summed E-state index contributed by atoms with van der Waals surface area (Å²) in [6, 6.07) is 1.59. The predicted octanol–water partition coefficient (Wildman–Crippen LogP) is 4.12. The van der Waals surface area contributed by atoms with Crippen molar-refractivity contribution < 1.29 is 0 Å². The molecule has 94 valence electrons. The van der Waals surface area contributed by atoms with Crippen molar-refractivity contribution in [1.82, 2.24) is 5.32 Å². The third kappa shape index (κ3) is 3.23. The summed E-state index contributed by atoms with van der Waals surface area (Å²) < 4.78 is 0. The first-order valence-corrected chi connectivity index (χ1v) is 7.55. The van der Waals surface area contributed by atoms with E-state index in [1.54, 1.807) is 0 Å². The molecule has 3 atom stereocenters. The Hall–Kier alpha value is -0.0400. The zero-order valence-electron chi connectivity index (χ0n) is 11.2. The van der Waals surface area contributed by atoms with Gasteiger partial charge in [0.2, 0.25) is 0 Å². The van der Waals surface area contributed by atoms with Crippen LogP contribution >= 0.6 is 0 Å². The summed E-state index contributed by atoms with van der Waals surface area (Å²) in [7, 11) is 0. The summed E-state index contributed by atoms with van der Waals surface area (Å²) in [5.74, 6) is 1.98. The SMILES string of the molecule is CCC1CCCC(NC(C)C2CCCC2)C1.